The summed E-state index contributed by atoms with van der Waals surface area (Å²) >= 11 is 0. The van der Waals surface area contributed by atoms with Crippen LogP contribution in [-0.4, -0.2) is 11.9 Å². The molecule has 2 rings (SSSR count). The molecule has 1 aromatic rings. The Hall–Kier alpha value is -1.31. The van der Waals surface area contributed by atoms with E-state index in [1.165, 1.54) is 6.42 Å². The van der Waals surface area contributed by atoms with E-state index in [4.69, 9.17) is 0 Å². The van der Waals surface area contributed by atoms with E-state index in [0.717, 1.165) is 18.4 Å². The van der Waals surface area contributed by atoms with Gasteiger partial charge >= 0.3 is 0 Å². The standard InChI is InChI=1S/C16H23NO/c1-12-11-14(9-10-16(12,2)3)17-15(18)13-7-5-4-6-8-13/h4-8,12,14H,9-11H2,1-3H3,(H,17,18)/t12-,14-/m0/s1. The van der Waals surface area contributed by atoms with Gasteiger partial charge in [0.25, 0.3) is 5.91 Å². The van der Waals surface area contributed by atoms with Crippen molar-refractivity contribution in [2.45, 2.75) is 46.1 Å². The second kappa shape index (κ2) is 5.13. The molecular formula is C16H23NO. The number of nitrogens with one attached hydrogen (secondary N) is 1. The van der Waals surface area contributed by atoms with Crippen LogP contribution in [0.15, 0.2) is 30.3 Å². The van der Waals surface area contributed by atoms with Crippen LogP contribution in [0.2, 0.25) is 0 Å². The van der Waals surface area contributed by atoms with Gasteiger partial charge in [0.1, 0.15) is 0 Å². The first kappa shape index (κ1) is 13.1. The molecule has 0 aromatic heterocycles. The van der Waals surface area contributed by atoms with Crippen molar-refractivity contribution in [2.75, 3.05) is 0 Å². The molecule has 1 fully saturated rings. The monoisotopic (exact) mass is 245 g/mol. The minimum absolute atomic E-state index is 0.0625. The van der Waals surface area contributed by atoms with Crippen molar-refractivity contribution in [3.8, 4) is 0 Å². The van der Waals surface area contributed by atoms with Gasteiger partial charge in [-0.15, -0.1) is 0 Å². The highest BCUT2D eigenvalue weighted by Crippen LogP contribution is 2.40. The number of rotatable bonds is 2. The largest absolute Gasteiger partial charge is 0.349 e. The van der Waals surface area contributed by atoms with Crippen molar-refractivity contribution in [1.82, 2.24) is 5.32 Å². The van der Waals surface area contributed by atoms with Crippen molar-refractivity contribution in [3.63, 3.8) is 0 Å². The number of hydrogen-bond acceptors (Lipinski definition) is 1. The Labute approximate surface area is 110 Å². The molecule has 1 aliphatic rings. The van der Waals surface area contributed by atoms with Crippen LogP contribution >= 0.6 is 0 Å². The van der Waals surface area contributed by atoms with Crippen LogP contribution in [0.1, 0.15) is 50.4 Å². The molecule has 0 aliphatic heterocycles. The molecule has 18 heavy (non-hydrogen) atoms. The number of carbonyl (C=O) groups excluding carboxylic acids is 1. The maximum absolute atomic E-state index is 12.1. The smallest absolute Gasteiger partial charge is 0.251 e. The fraction of sp³-hybridized carbons (Fsp3) is 0.562. The van der Waals surface area contributed by atoms with Gasteiger partial charge in [-0.2, -0.15) is 0 Å². The Bertz CT molecular complexity index is 410. The van der Waals surface area contributed by atoms with Crippen LogP contribution in [0, 0.1) is 11.3 Å². The molecular weight excluding hydrogens is 222 g/mol. The van der Waals surface area contributed by atoms with Crippen LogP contribution in [0.25, 0.3) is 0 Å². The molecule has 98 valence electrons. The van der Waals surface area contributed by atoms with E-state index in [1.54, 1.807) is 0 Å². The molecule has 0 saturated heterocycles. The quantitative estimate of drug-likeness (QED) is 0.847. The maximum atomic E-state index is 12.1. The number of hydrogen-bond donors (Lipinski definition) is 1. The summed E-state index contributed by atoms with van der Waals surface area (Å²) in [5.41, 5.74) is 1.17. The Morgan fingerprint density at radius 3 is 2.56 bits per heavy atom. The van der Waals surface area contributed by atoms with Crippen LogP contribution in [-0.2, 0) is 0 Å². The van der Waals surface area contributed by atoms with Crippen LogP contribution in [0.3, 0.4) is 0 Å². The summed E-state index contributed by atoms with van der Waals surface area (Å²) in [5, 5.41) is 3.16. The van der Waals surface area contributed by atoms with Crippen LogP contribution < -0.4 is 5.32 Å². The summed E-state index contributed by atoms with van der Waals surface area (Å²) in [4.78, 5) is 12.1. The number of benzene rings is 1. The fourth-order valence-electron chi connectivity index (χ4n) is 2.65. The van der Waals surface area contributed by atoms with Gasteiger partial charge < -0.3 is 5.32 Å². The molecule has 1 aromatic carbocycles. The van der Waals surface area contributed by atoms with Crippen LogP contribution in [0.5, 0.6) is 0 Å². The third kappa shape index (κ3) is 2.92. The second-order valence-corrected chi connectivity index (χ2v) is 6.20. The normalized spacial score (nSPS) is 26.6. The average Bonchev–Trinajstić information content (AvgIpc) is 2.35. The minimum Gasteiger partial charge on any atom is -0.349 e. The lowest BCUT2D eigenvalue weighted by Crippen LogP contribution is -2.42. The molecule has 1 saturated carbocycles. The third-order valence-electron chi connectivity index (χ3n) is 4.48. The zero-order chi connectivity index (χ0) is 13.2. The zero-order valence-corrected chi connectivity index (χ0v) is 11.6. The summed E-state index contributed by atoms with van der Waals surface area (Å²) < 4.78 is 0. The maximum Gasteiger partial charge on any atom is 0.251 e. The second-order valence-electron chi connectivity index (χ2n) is 6.20. The molecule has 2 heteroatoms. The van der Waals surface area contributed by atoms with Gasteiger partial charge in [-0.25, -0.2) is 0 Å². The molecule has 0 spiro atoms. The first-order chi connectivity index (χ1) is 8.49. The highest BCUT2D eigenvalue weighted by atomic mass is 16.1. The molecule has 2 nitrogen and oxygen atoms in total. The predicted molar refractivity (Wildman–Crippen MR) is 74.5 cm³/mol. The Kier molecular flexibility index (Phi) is 3.74. The lowest BCUT2D eigenvalue weighted by Gasteiger charge is -2.40. The predicted octanol–water partition coefficient (Wildman–Crippen LogP) is 3.63. The molecule has 2 atom stereocenters. The minimum atomic E-state index is 0.0625. The SMILES string of the molecule is C[C@H]1C[C@@H](NC(=O)c2ccccc2)CCC1(C)C. The Morgan fingerprint density at radius 1 is 1.28 bits per heavy atom. The topological polar surface area (TPSA) is 29.1 Å². The molecule has 1 N–H and O–H groups in total. The van der Waals surface area contributed by atoms with E-state index < -0.39 is 0 Å². The highest BCUT2D eigenvalue weighted by Gasteiger charge is 2.33. The van der Waals surface area contributed by atoms with E-state index in [1.807, 2.05) is 30.3 Å². The Balaban J connectivity index is 1.94. The van der Waals surface area contributed by atoms with E-state index in [0.29, 0.717) is 17.4 Å². The van der Waals surface area contributed by atoms with E-state index in [-0.39, 0.29) is 5.91 Å². The van der Waals surface area contributed by atoms with Crippen LogP contribution in [0.4, 0.5) is 0 Å². The molecule has 0 bridgehead atoms. The van der Waals surface area contributed by atoms with Gasteiger partial charge in [-0.1, -0.05) is 39.0 Å². The van der Waals surface area contributed by atoms with Gasteiger partial charge in [0.05, 0.1) is 0 Å². The molecule has 0 heterocycles. The van der Waals surface area contributed by atoms with Gasteiger partial charge in [-0.05, 0) is 42.7 Å². The number of carbonyl (C=O) groups is 1. The summed E-state index contributed by atoms with van der Waals surface area (Å²) in [6.07, 6.45) is 3.37. The molecule has 1 aliphatic carbocycles. The first-order valence-corrected chi connectivity index (χ1v) is 6.85. The first-order valence-electron chi connectivity index (χ1n) is 6.85. The van der Waals surface area contributed by atoms with E-state index in [9.17, 15) is 4.79 Å². The summed E-state index contributed by atoms with van der Waals surface area (Å²) in [6, 6.07) is 9.81. The summed E-state index contributed by atoms with van der Waals surface area (Å²) in [5.74, 6) is 0.722. The number of amides is 1. The highest BCUT2D eigenvalue weighted by molar-refractivity contribution is 5.94. The van der Waals surface area contributed by atoms with Crippen molar-refractivity contribution >= 4 is 5.91 Å². The third-order valence-corrected chi connectivity index (χ3v) is 4.48. The van der Waals surface area contributed by atoms with Crippen molar-refractivity contribution in [1.29, 1.82) is 0 Å². The Morgan fingerprint density at radius 2 is 1.94 bits per heavy atom. The summed E-state index contributed by atoms with van der Waals surface area (Å²) in [6.45, 7) is 6.95. The van der Waals surface area contributed by atoms with Crippen molar-refractivity contribution in [3.05, 3.63) is 35.9 Å². The van der Waals surface area contributed by atoms with Crippen molar-refractivity contribution < 1.29 is 4.79 Å². The fourth-order valence-corrected chi connectivity index (χ4v) is 2.65. The lowest BCUT2D eigenvalue weighted by atomic mass is 9.68. The van der Waals surface area contributed by atoms with Gasteiger partial charge in [0.2, 0.25) is 0 Å². The lowest BCUT2D eigenvalue weighted by molar-refractivity contribution is 0.0854. The molecule has 0 unspecified atom stereocenters. The molecule has 1 amide bonds. The van der Waals surface area contributed by atoms with Gasteiger partial charge in [-0.3, -0.25) is 4.79 Å². The molecule has 0 radical (unpaired) electrons. The van der Waals surface area contributed by atoms with Gasteiger partial charge in [0, 0.05) is 11.6 Å². The van der Waals surface area contributed by atoms with Crippen molar-refractivity contribution in [2.24, 2.45) is 11.3 Å². The van der Waals surface area contributed by atoms with Gasteiger partial charge in [0.15, 0.2) is 0 Å². The average molecular weight is 245 g/mol. The van der Waals surface area contributed by atoms with E-state index >= 15 is 0 Å². The summed E-state index contributed by atoms with van der Waals surface area (Å²) in [7, 11) is 0. The van der Waals surface area contributed by atoms with E-state index in [2.05, 4.69) is 26.1 Å². The zero-order valence-electron chi connectivity index (χ0n) is 11.6.